The van der Waals surface area contributed by atoms with Gasteiger partial charge in [0.05, 0.1) is 0 Å². The molecule has 2 aromatic rings. The van der Waals surface area contributed by atoms with Crippen LogP contribution in [-0.2, 0) is 0 Å². The van der Waals surface area contributed by atoms with E-state index in [0.717, 1.165) is 3.57 Å². The van der Waals surface area contributed by atoms with Crippen molar-refractivity contribution in [3.63, 3.8) is 0 Å². The Morgan fingerprint density at radius 1 is 1.17 bits per heavy atom. The van der Waals surface area contributed by atoms with Gasteiger partial charge in [0.2, 0.25) is 0 Å². The lowest BCUT2D eigenvalue weighted by atomic mass is 10.2. The summed E-state index contributed by atoms with van der Waals surface area (Å²) >= 11 is 2.18. The van der Waals surface area contributed by atoms with Gasteiger partial charge in [0, 0.05) is 9.26 Å². The Hall–Kier alpha value is -1.76. The molecule has 0 aliphatic rings. The van der Waals surface area contributed by atoms with Gasteiger partial charge >= 0.3 is 5.97 Å². The van der Waals surface area contributed by atoms with E-state index in [4.69, 9.17) is 15.6 Å². The summed E-state index contributed by atoms with van der Waals surface area (Å²) in [6, 6.07) is 11.9. The van der Waals surface area contributed by atoms with Crippen LogP contribution in [0.2, 0.25) is 0 Å². The van der Waals surface area contributed by atoms with Crippen molar-refractivity contribution in [1.29, 1.82) is 0 Å². The fourth-order valence-corrected chi connectivity index (χ4v) is 1.79. The van der Waals surface area contributed by atoms with E-state index in [9.17, 15) is 4.79 Å². The molecule has 0 saturated carbocycles. The van der Waals surface area contributed by atoms with Gasteiger partial charge in [-0.25, -0.2) is 4.79 Å². The van der Waals surface area contributed by atoms with E-state index in [-0.39, 0.29) is 11.3 Å². The fraction of sp³-hybridized carbons (Fsp3) is 0. The number of carbonyl (C=O) groups is 1. The van der Waals surface area contributed by atoms with Crippen molar-refractivity contribution >= 4 is 34.2 Å². The molecule has 0 aliphatic carbocycles. The molecule has 0 aromatic heterocycles. The Bertz CT molecular complexity index is 581. The third-order valence-electron chi connectivity index (χ3n) is 2.28. The van der Waals surface area contributed by atoms with Crippen molar-refractivity contribution in [2.75, 3.05) is 5.73 Å². The highest BCUT2D eigenvalue weighted by Crippen LogP contribution is 2.27. The van der Waals surface area contributed by atoms with Crippen molar-refractivity contribution in [2.45, 2.75) is 0 Å². The van der Waals surface area contributed by atoms with Gasteiger partial charge in [-0.2, -0.15) is 0 Å². The molecule has 3 N–H and O–H groups in total. The van der Waals surface area contributed by atoms with E-state index in [1.807, 2.05) is 12.1 Å². The number of ether oxygens (including phenoxy) is 1. The third-order valence-corrected chi connectivity index (χ3v) is 2.99. The van der Waals surface area contributed by atoms with Gasteiger partial charge < -0.3 is 15.6 Å². The summed E-state index contributed by atoms with van der Waals surface area (Å²) in [6.45, 7) is 0. The Balaban J connectivity index is 2.34. The molecule has 0 aliphatic heterocycles. The summed E-state index contributed by atoms with van der Waals surface area (Å²) in [7, 11) is 0. The maximum Gasteiger partial charge on any atom is 0.339 e. The molecule has 0 atom stereocenters. The average Bonchev–Trinajstić information content (AvgIpc) is 2.34. The lowest BCUT2D eigenvalue weighted by molar-refractivity contribution is 0.0694. The Morgan fingerprint density at radius 3 is 2.44 bits per heavy atom. The predicted molar refractivity (Wildman–Crippen MR) is 77.0 cm³/mol. The quantitative estimate of drug-likeness (QED) is 0.654. The molecule has 4 nitrogen and oxygen atoms in total. The summed E-state index contributed by atoms with van der Waals surface area (Å²) in [5.41, 5.74) is 6.00. The first-order chi connectivity index (χ1) is 8.56. The summed E-state index contributed by atoms with van der Waals surface area (Å²) in [5, 5.41) is 9.08. The van der Waals surface area contributed by atoms with E-state index in [1.165, 1.54) is 6.07 Å². The second kappa shape index (κ2) is 5.26. The van der Waals surface area contributed by atoms with Gasteiger partial charge in [0.15, 0.2) is 0 Å². The Labute approximate surface area is 118 Å². The van der Waals surface area contributed by atoms with Crippen molar-refractivity contribution in [2.24, 2.45) is 0 Å². The van der Waals surface area contributed by atoms with Gasteiger partial charge in [0.1, 0.15) is 17.1 Å². The molecule has 0 spiro atoms. The van der Waals surface area contributed by atoms with Crippen molar-refractivity contribution in [3.8, 4) is 11.5 Å². The zero-order valence-electron chi connectivity index (χ0n) is 9.26. The van der Waals surface area contributed by atoms with E-state index >= 15 is 0 Å². The average molecular weight is 355 g/mol. The topological polar surface area (TPSA) is 72.5 Å². The molecule has 0 saturated heterocycles. The molecule has 2 rings (SSSR count). The molecule has 2 aromatic carbocycles. The first-order valence-corrected chi connectivity index (χ1v) is 6.20. The van der Waals surface area contributed by atoms with Gasteiger partial charge in [-0.05, 0) is 65.1 Å². The molecule has 0 heterocycles. The molecule has 0 radical (unpaired) electrons. The number of carboxylic acid groups (broad SMARTS) is 1. The number of hydrogen-bond donors (Lipinski definition) is 2. The number of halogens is 1. The lowest BCUT2D eigenvalue weighted by Gasteiger charge is -2.09. The van der Waals surface area contributed by atoms with Crippen LogP contribution in [0.25, 0.3) is 0 Å². The van der Waals surface area contributed by atoms with Crippen LogP contribution in [0.15, 0.2) is 42.5 Å². The van der Waals surface area contributed by atoms with Gasteiger partial charge in [-0.1, -0.05) is 0 Å². The maximum atomic E-state index is 11.1. The SMILES string of the molecule is Nc1ccc(Oc2ccc(I)cc2)c(C(=O)O)c1. The number of rotatable bonds is 3. The molecule has 5 heteroatoms. The number of hydrogen-bond acceptors (Lipinski definition) is 3. The summed E-state index contributed by atoms with van der Waals surface area (Å²) in [4.78, 5) is 11.1. The smallest absolute Gasteiger partial charge is 0.339 e. The molecular weight excluding hydrogens is 345 g/mol. The van der Waals surface area contributed by atoms with Crippen LogP contribution < -0.4 is 10.5 Å². The van der Waals surface area contributed by atoms with Crippen LogP contribution in [0.1, 0.15) is 10.4 Å². The maximum absolute atomic E-state index is 11.1. The summed E-state index contributed by atoms with van der Waals surface area (Å²) in [5.74, 6) is -0.205. The lowest BCUT2D eigenvalue weighted by Crippen LogP contribution is -2.01. The second-order valence-electron chi connectivity index (χ2n) is 3.62. The molecule has 92 valence electrons. The first kappa shape index (κ1) is 12.7. The normalized spacial score (nSPS) is 10.1. The monoisotopic (exact) mass is 355 g/mol. The molecule has 0 fully saturated rings. The van der Waals surface area contributed by atoms with E-state index in [2.05, 4.69) is 22.6 Å². The highest BCUT2D eigenvalue weighted by atomic mass is 127. The van der Waals surface area contributed by atoms with Gasteiger partial charge in [-0.15, -0.1) is 0 Å². The molecule has 18 heavy (non-hydrogen) atoms. The third kappa shape index (κ3) is 2.92. The standard InChI is InChI=1S/C13H10INO3/c14-8-1-4-10(5-2-8)18-12-6-3-9(15)7-11(12)13(16)17/h1-7H,15H2,(H,16,17). The minimum Gasteiger partial charge on any atom is -0.478 e. The minimum atomic E-state index is -1.07. The van der Waals surface area contributed by atoms with Crippen molar-refractivity contribution in [1.82, 2.24) is 0 Å². The minimum absolute atomic E-state index is 0.0496. The van der Waals surface area contributed by atoms with Crippen LogP contribution in [0.5, 0.6) is 11.5 Å². The van der Waals surface area contributed by atoms with E-state index in [1.54, 1.807) is 24.3 Å². The van der Waals surface area contributed by atoms with Crippen molar-refractivity contribution < 1.29 is 14.6 Å². The molecular formula is C13H10INO3. The number of anilines is 1. The number of nitrogen functional groups attached to an aromatic ring is 1. The number of aromatic carboxylic acids is 1. The predicted octanol–water partition coefficient (Wildman–Crippen LogP) is 3.36. The molecule has 0 bridgehead atoms. The number of carboxylic acids is 1. The highest BCUT2D eigenvalue weighted by Gasteiger charge is 2.12. The fourth-order valence-electron chi connectivity index (χ4n) is 1.43. The van der Waals surface area contributed by atoms with Crippen molar-refractivity contribution in [3.05, 3.63) is 51.6 Å². The number of nitrogens with two attached hydrogens (primary N) is 1. The van der Waals surface area contributed by atoms with Crippen LogP contribution in [0.3, 0.4) is 0 Å². The van der Waals surface area contributed by atoms with Crippen LogP contribution in [0, 0.1) is 3.57 Å². The van der Waals surface area contributed by atoms with Gasteiger partial charge in [0.25, 0.3) is 0 Å². The molecule has 0 amide bonds. The second-order valence-corrected chi connectivity index (χ2v) is 4.86. The zero-order chi connectivity index (χ0) is 13.1. The van der Waals surface area contributed by atoms with Crippen LogP contribution in [-0.4, -0.2) is 11.1 Å². The summed E-state index contributed by atoms with van der Waals surface area (Å²) in [6.07, 6.45) is 0. The van der Waals surface area contributed by atoms with Crippen LogP contribution in [0.4, 0.5) is 5.69 Å². The largest absolute Gasteiger partial charge is 0.478 e. The first-order valence-electron chi connectivity index (χ1n) is 5.12. The summed E-state index contributed by atoms with van der Waals surface area (Å²) < 4.78 is 6.62. The van der Waals surface area contributed by atoms with E-state index in [0.29, 0.717) is 11.4 Å². The Morgan fingerprint density at radius 2 is 1.83 bits per heavy atom. The molecule has 0 unspecified atom stereocenters. The highest BCUT2D eigenvalue weighted by molar-refractivity contribution is 14.1. The van der Waals surface area contributed by atoms with Gasteiger partial charge in [-0.3, -0.25) is 0 Å². The zero-order valence-corrected chi connectivity index (χ0v) is 11.4. The van der Waals surface area contributed by atoms with E-state index < -0.39 is 5.97 Å². The Kier molecular flexibility index (Phi) is 3.71. The van der Waals surface area contributed by atoms with Crippen LogP contribution >= 0.6 is 22.6 Å². The number of benzene rings is 2.